The third kappa shape index (κ3) is 2.47. The summed E-state index contributed by atoms with van der Waals surface area (Å²) in [6, 6.07) is 10.6. The molecule has 1 amide bonds. The lowest BCUT2D eigenvalue weighted by atomic mass is 10.2. The minimum Gasteiger partial charge on any atom is -0.397 e. The van der Waals surface area contributed by atoms with Crippen LogP contribution in [0.3, 0.4) is 0 Å². The molecular weight excluding hydrogens is 232 g/mol. The molecule has 0 saturated heterocycles. The minimum absolute atomic E-state index is 0.200. The van der Waals surface area contributed by atoms with Crippen molar-refractivity contribution in [3.63, 3.8) is 0 Å². The van der Waals surface area contributed by atoms with Crippen molar-refractivity contribution in [1.29, 1.82) is 0 Å². The number of nitrogens with one attached hydrogen (secondary N) is 1. The molecule has 0 unspecified atom stereocenters. The first kappa shape index (κ1) is 11.2. The molecule has 0 aliphatic heterocycles. The molecule has 1 heterocycles. The van der Waals surface area contributed by atoms with E-state index in [-0.39, 0.29) is 5.91 Å². The Labute approximate surface area is 103 Å². The number of nitrogens with two attached hydrogens (primary N) is 1. The quantitative estimate of drug-likeness (QED) is 0.628. The highest BCUT2D eigenvalue weighted by molar-refractivity contribution is 7.14. The fourth-order valence-electron chi connectivity index (χ4n) is 1.33. The molecule has 0 radical (unpaired) electrons. The van der Waals surface area contributed by atoms with Crippen molar-refractivity contribution < 1.29 is 4.79 Å². The molecule has 0 bridgehead atoms. The summed E-state index contributed by atoms with van der Waals surface area (Å²) < 4.78 is 0. The Hall–Kier alpha value is -2.25. The Bertz CT molecular complexity index is 595. The maximum Gasteiger partial charge on any atom is 0.265 e. The van der Waals surface area contributed by atoms with Crippen molar-refractivity contribution in [1.82, 2.24) is 0 Å². The second-order valence-corrected chi connectivity index (χ2v) is 4.43. The van der Waals surface area contributed by atoms with Crippen LogP contribution in [-0.2, 0) is 0 Å². The van der Waals surface area contributed by atoms with Gasteiger partial charge in [0.2, 0.25) is 0 Å². The molecule has 1 aromatic heterocycles. The van der Waals surface area contributed by atoms with Gasteiger partial charge in [-0.2, -0.15) is 0 Å². The van der Waals surface area contributed by atoms with E-state index in [4.69, 9.17) is 12.2 Å². The number of amides is 1. The van der Waals surface area contributed by atoms with Crippen LogP contribution in [0.1, 0.15) is 14.5 Å². The molecule has 1 aromatic carbocycles. The van der Waals surface area contributed by atoms with Crippen LogP contribution in [0.25, 0.3) is 0 Å². The van der Waals surface area contributed by atoms with Gasteiger partial charge >= 0.3 is 0 Å². The van der Waals surface area contributed by atoms with Crippen LogP contribution < -0.4 is 11.1 Å². The van der Waals surface area contributed by atoms with Gasteiger partial charge in [-0.3, -0.25) is 4.79 Å². The molecule has 17 heavy (non-hydrogen) atoms. The van der Waals surface area contributed by atoms with Crippen LogP contribution in [0.5, 0.6) is 0 Å². The van der Waals surface area contributed by atoms with E-state index >= 15 is 0 Å². The standard InChI is InChI=1S/C13H10N2OS/c1-2-9-7-8-12(17-9)13(16)15-11-6-4-3-5-10(11)14/h1,3-8H,14H2,(H,15,16). The Morgan fingerprint density at radius 2 is 2.06 bits per heavy atom. The van der Waals surface area contributed by atoms with Crippen molar-refractivity contribution in [3.05, 3.63) is 46.2 Å². The molecule has 0 aliphatic carbocycles. The first-order chi connectivity index (χ1) is 8.20. The number of anilines is 2. The second kappa shape index (κ2) is 4.73. The molecule has 84 valence electrons. The monoisotopic (exact) mass is 242 g/mol. The van der Waals surface area contributed by atoms with Crippen molar-refractivity contribution in [3.8, 4) is 12.3 Å². The average Bonchev–Trinajstić information content (AvgIpc) is 2.81. The number of carbonyl (C=O) groups is 1. The number of nitrogen functional groups attached to an aromatic ring is 1. The molecule has 0 saturated carbocycles. The topological polar surface area (TPSA) is 55.1 Å². The van der Waals surface area contributed by atoms with Crippen molar-refractivity contribution >= 4 is 28.6 Å². The number of hydrogen-bond acceptors (Lipinski definition) is 3. The van der Waals surface area contributed by atoms with E-state index in [1.807, 2.05) is 12.1 Å². The predicted octanol–water partition coefficient (Wildman–Crippen LogP) is 2.56. The largest absolute Gasteiger partial charge is 0.397 e. The summed E-state index contributed by atoms with van der Waals surface area (Å²) in [6.45, 7) is 0. The molecule has 0 spiro atoms. The highest BCUT2D eigenvalue weighted by Crippen LogP contribution is 2.20. The molecule has 0 aliphatic rings. The van der Waals surface area contributed by atoms with E-state index in [1.165, 1.54) is 11.3 Å². The SMILES string of the molecule is C#Cc1ccc(C(=O)Nc2ccccc2N)s1. The molecule has 2 aromatic rings. The average molecular weight is 242 g/mol. The van der Waals surface area contributed by atoms with Gasteiger partial charge in [-0.15, -0.1) is 17.8 Å². The number of benzene rings is 1. The zero-order valence-electron chi connectivity index (χ0n) is 8.94. The zero-order valence-corrected chi connectivity index (χ0v) is 9.75. The lowest BCUT2D eigenvalue weighted by molar-refractivity contribution is 0.103. The normalized spacial score (nSPS) is 9.59. The number of hydrogen-bond donors (Lipinski definition) is 2. The van der Waals surface area contributed by atoms with E-state index in [9.17, 15) is 4.79 Å². The van der Waals surface area contributed by atoms with Crippen LogP contribution in [0.15, 0.2) is 36.4 Å². The first-order valence-corrected chi connectivity index (χ1v) is 5.74. The third-order valence-electron chi connectivity index (χ3n) is 2.18. The van der Waals surface area contributed by atoms with Crippen LogP contribution >= 0.6 is 11.3 Å². The van der Waals surface area contributed by atoms with Gasteiger partial charge in [0.15, 0.2) is 0 Å². The summed E-state index contributed by atoms with van der Waals surface area (Å²) in [5, 5.41) is 2.74. The van der Waals surface area contributed by atoms with Crippen LogP contribution in [0.4, 0.5) is 11.4 Å². The molecule has 3 nitrogen and oxygen atoms in total. The van der Waals surface area contributed by atoms with E-state index in [1.54, 1.807) is 24.3 Å². The Morgan fingerprint density at radius 1 is 1.29 bits per heavy atom. The Morgan fingerprint density at radius 3 is 2.71 bits per heavy atom. The molecule has 3 N–H and O–H groups in total. The van der Waals surface area contributed by atoms with Gasteiger partial charge in [0.25, 0.3) is 5.91 Å². The van der Waals surface area contributed by atoms with E-state index in [0.29, 0.717) is 16.3 Å². The smallest absolute Gasteiger partial charge is 0.265 e. The van der Waals surface area contributed by atoms with Gasteiger partial charge in [-0.25, -0.2) is 0 Å². The van der Waals surface area contributed by atoms with Gasteiger partial charge in [0.05, 0.1) is 21.1 Å². The number of terminal acetylenes is 1. The van der Waals surface area contributed by atoms with E-state index in [0.717, 1.165) is 4.88 Å². The fourth-order valence-corrected chi connectivity index (χ4v) is 2.04. The number of carbonyl (C=O) groups excluding carboxylic acids is 1. The summed E-state index contributed by atoms with van der Waals surface area (Å²) >= 11 is 1.28. The zero-order chi connectivity index (χ0) is 12.3. The van der Waals surface area contributed by atoms with E-state index < -0.39 is 0 Å². The molecule has 0 fully saturated rings. The van der Waals surface area contributed by atoms with Crippen LogP contribution in [-0.4, -0.2) is 5.91 Å². The van der Waals surface area contributed by atoms with Crippen LogP contribution in [0.2, 0.25) is 0 Å². The van der Waals surface area contributed by atoms with Crippen LogP contribution in [0, 0.1) is 12.3 Å². The predicted molar refractivity (Wildman–Crippen MR) is 71.1 cm³/mol. The summed E-state index contributed by atoms with van der Waals surface area (Å²) in [5.41, 5.74) is 6.88. The second-order valence-electron chi connectivity index (χ2n) is 3.35. The van der Waals surface area contributed by atoms with Gasteiger partial charge in [0, 0.05) is 0 Å². The Balaban J connectivity index is 2.18. The molecule has 0 atom stereocenters. The van der Waals surface area contributed by atoms with Crippen molar-refractivity contribution in [2.24, 2.45) is 0 Å². The molecular formula is C13H10N2OS. The summed E-state index contributed by atoms with van der Waals surface area (Å²) in [4.78, 5) is 13.2. The maximum atomic E-state index is 11.9. The minimum atomic E-state index is -0.200. The highest BCUT2D eigenvalue weighted by Gasteiger charge is 2.09. The third-order valence-corrected chi connectivity index (χ3v) is 3.20. The Kier molecular flexibility index (Phi) is 3.12. The lowest BCUT2D eigenvalue weighted by Gasteiger charge is -2.05. The molecule has 4 heteroatoms. The fraction of sp³-hybridized carbons (Fsp3) is 0. The molecule has 2 rings (SSSR count). The number of rotatable bonds is 2. The van der Waals surface area contributed by atoms with Gasteiger partial charge in [0.1, 0.15) is 0 Å². The number of thiophene rings is 1. The summed E-state index contributed by atoms with van der Waals surface area (Å²) in [5.74, 6) is 2.29. The lowest BCUT2D eigenvalue weighted by Crippen LogP contribution is -2.11. The van der Waals surface area contributed by atoms with Gasteiger partial charge in [-0.05, 0) is 24.3 Å². The summed E-state index contributed by atoms with van der Waals surface area (Å²) in [6.07, 6.45) is 5.25. The maximum absolute atomic E-state index is 11.9. The van der Waals surface area contributed by atoms with Crippen molar-refractivity contribution in [2.45, 2.75) is 0 Å². The number of para-hydroxylation sites is 2. The van der Waals surface area contributed by atoms with Gasteiger partial charge in [-0.1, -0.05) is 18.1 Å². The first-order valence-electron chi connectivity index (χ1n) is 4.93. The van der Waals surface area contributed by atoms with Crippen molar-refractivity contribution in [2.75, 3.05) is 11.1 Å². The van der Waals surface area contributed by atoms with Gasteiger partial charge < -0.3 is 11.1 Å². The summed E-state index contributed by atoms with van der Waals surface area (Å²) in [7, 11) is 0. The highest BCUT2D eigenvalue weighted by atomic mass is 32.1. The van der Waals surface area contributed by atoms with E-state index in [2.05, 4.69) is 11.2 Å².